The van der Waals surface area contributed by atoms with Gasteiger partial charge in [0.1, 0.15) is 0 Å². The molecule has 0 bridgehead atoms. The van der Waals surface area contributed by atoms with E-state index in [9.17, 15) is 4.79 Å². The highest BCUT2D eigenvalue weighted by Gasteiger charge is 2.41. The van der Waals surface area contributed by atoms with Crippen molar-refractivity contribution < 1.29 is 14.3 Å². The summed E-state index contributed by atoms with van der Waals surface area (Å²) in [5.74, 6) is -1.72. The lowest BCUT2D eigenvalue weighted by Gasteiger charge is -2.29. The lowest BCUT2D eigenvalue weighted by molar-refractivity contribution is -0.176. The van der Waals surface area contributed by atoms with Crippen molar-refractivity contribution in [1.29, 1.82) is 0 Å². The quantitative estimate of drug-likeness (QED) is 0.327. The van der Waals surface area contributed by atoms with E-state index >= 15 is 0 Å². The molecule has 2 aromatic carbocycles. The van der Waals surface area contributed by atoms with Gasteiger partial charge >= 0.3 is 0 Å². The summed E-state index contributed by atoms with van der Waals surface area (Å²) in [5.41, 5.74) is 2.04. The Bertz CT molecular complexity index is 674. The third kappa shape index (κ3) is 3.53. The molecule has 0 saturated carbocycles. The van der Waals surface area contributed by atoms with Crippen LogP contribution in [0.1, 0.15) is 21.5 Å². The fraction of sp³-hybridized carbons (Fsp3) is 0.222. The molecule has 23 heavy (non-hydrogen) atoms. The molecule has 2 rings (SSSR count). The van der Waals surface area contributed by atoms with Gasteiger partial charge in [0.25, 0.3) is 5.79 Å². The molecular formula is C18H18O3S2. The summed E-state index contributed by atoms with van der Waals surface area (Å²) in [4.78, 5) is 14.1. The van der Waals surface area contributed by atoms with E-state index < -0.39 is 5.79 Å². The fourth-order valence-electron chi connectivity index (χ4n) is 2.35. The first-order chi connectivity index (χ1) is 11.1. The number of carbonyl (C=O) groups excluding carboxylic acids is 1. The third-order valence-electron chi connectivity index (χ3n) is 3.65. The third-order valence-corrected chi connectivity index (χ3v) is 4.67. The second-order valence-electron chi connectivity index (χ2n) is 4.82. The second-order valence-corrected chi connectivity index (χ2v) is 5.94. The van der Waals surface area contributed by atoms with Gasteiger partial charge < -0.3 is 9.47 Å². The van der Waals surface area contributed by atoms with Gasteiger partial charge in [-0.2, -0.15) is 0 Å². The average molecular weight is 346 g/mol. The molecule has 0 aliphatic carbocycles. The highest BCUT2D eigenvalue weighted by molar-refractivity contribution is 7.98. The highest BCUT2D eigenvalue weighted by atomic mass is 32.2. The zero-order valence-corrected chi connectivity index (χ0v) is 14.9. The molecule has 2 aromatic rings. The molecule has 0 fully saturated rings. The number of rotatable bonds is 7. The van der Waals surface area contributed by atoms with E-state index in [-0.39, 0.29) is 5.78 Å². The first kappa shape index (κ1) is 17.8. The molecule has 0 amide bonds. The number of benzene rings is 2. The predicted molar refractivity (Wildman–Crippen MR) is 97.4 cm³/mol. The largest absolute Gasteiger partial charge is 0.343 e. The van der Waals surface area contributed by atoms with Crippen LogP contribution in [-0.4, -0.2) is 31.6 Å². The molecule has 5 heteroatoms. The molecule has 0 atom stereocenters. The van der Waals surface area contributed by atoms with Gasteiger partial charge in [-0.3, -0.25) is 4.79 Å². The number of Topliss-reactive ketones (excluding diaryl/α,β-unsaturated/α-hetero) is 1. The van der Waals surface area contributed by atoms with Crippen LogP contribution in [0.4, 0.5) is 0 Å². The Balaban J connectivity index is 2.45. The lowest BCUT2D eigenvalue weighted by Crippen LogP contribution is -2.40. The first-order valence-electron chi connectivity index (χ1n) is 6.96. The van der Waals surface area contributed by atoms with Gasteiger partial charge in [-0.15, -0.1) is 11.8 Å². The van der Waals surface area contributed by atoms with Gasteiger partial charge in [-0.1, -0.05) is 48.6 Å². The van der Waals surface area contributed by atoms with Crippen LogP contribution in [0.25, 0.3) is 0 Å². The molecule has 0 aliphatic heterocycles. The highest BCUT2D eigenvalue weighted by Crippen LogP contribution is 2.31. The van der Waals surface area contributed by atoms with Gasteiger partial charge in [-0.05, 0) is 24.0 Å². The molecule has 0 saturated heterocycles. The maximum Gasteiger partial charge on any atom is 0.260 e. The summed E-state index contributed by atoms with van der Waals surface area (Å²) in [6.07, 6.45) is 2.00. The number of ether oxygens (including phenoxy) is 2. The number of hydrogen-bond donors (Lipinski definition) is 0. The first-order valence-corrected chi connectivity index (χ1v) is 8.65. The number of thioether (sulfide) groups is 1. The van der Waals surface area contributed by atoms with Crippen molar-refractivity contribution >= 4 is 35.1 Å². The van der Waals surface area contributed by atoms with Crippen LogP contribution in [0, 0.1) is 0 Å². The van der Waals surface area contributed by atoms with Crippen LogP contribution >= 0.6 is 24.0 Å². The zero-order chi connectivity index (χ0) is 16.9. The van der Waals surface area contributed by atoms with Crippen molar-refractivity contribution in [3.8, 4) is 0 Å². The van der Waals surface area contributed by atoms with Crippen LogP contribution in [0.3, 0.4) is 0 Å². The Kier molecular flexibility index (Phi) is 6.07. The molecule has 0 spiro atoms. The number of hydrogen-bond acceptors (Lipinski definition) is 5. The van der Waals surface area contributed by atoms with Gasteiger partial charge in [0.05, 0.1) is 0 Å². The van der Waals surface area contributed by atoms with Crippen LogP contribution in [-0.2, 0) is 15.3 Å². The smallest absolute Gasteiger partial charge is 0.260 e. The van der Waals surface area contributed by atoms with Crippen LogP contribution < -0.4 is 0 Å². The Hall–Kier alpha value is -1.53. The van der Waals surface area contributed by atoms with E-state index in [1.54, 1.807) is 41.4 Å². The van der Waals surface area contributed by atoms with E-state index in [1.165, 1.54) is 14.2 Å². The summed E-state index contributed by atoms with van der Waals surface area (Å²) in [6, 6.07) is 14.6. The Morgan fingerprint density at radius 3 is 2.04 bits per heavy atom. The minimum absolute atomic E-state index is 0.254. The number of methoxy groups -OCH3 is 2. The number of carbonyl (C=O) groups is 1. The Labute approximate surface area is 146 Å². The molecule has 0 heterocycles. The summed E-state index contributed by atoms with van der Waals surface area (Å²) in [5, 5.41) is 1.56. The molecule has 3 nitrogen and oxygen atoms in total. The molecule has 0 aromatic heterocycles. The van der Waals surface area contributed by atoms with Crippen molar-refractivity contribution in [1.82, 2.24) is 0 Å². The molecule has 0 radical (unpaired) electrons. The number of ketones is 1. The van der Waals surface area contributed by atoms with Gasteiger partial charge in [0, 0.05) is 35.6 Å². The Morgan fingerprint density at radius 1 is 1.04 bits per heavy atom. The van der Waals surface area contributed by atoms with Crippen molar-refractivity contribution in [3.05, 3.63) is 65.2 Å². The van der Waals surface area contributed by atoms with Crippen molar-refractivity contribution in [2.24, 2.45) is 0 Å². The zero-order valence-electron chi connectivity index (χ0n) is 13.2. The molecule has 0 aliphatic rings. The van der Waals surface area contributed by atoms with Crippen molar-refractivity contribution in [3.63, 3.8) is 0 Å². The monoisotopic (exact) mass is 346 g/mol. The fourth-order valence-corrected chi connectivity index (χ4v) is 2.91. The van der Waals surface area contributed by atoms with Crippen LogP contribution in [0.15, 0.2) is 53.4 Å². The second kappa shape index (κ2) is 7.84. The molecular weight excluding hydrogens is 328 g/mol. The predicted octanol–water partition coefficient (Wildman–Crippen LogP) is 4.08. The maximum atomic E-state index is 13.0. The van der Waals surface area contributed by atoms with Crippen LogP contribution in [0.5, 0.6) is 0 Å². The van der Waals surface area contributed by atoms with Crippen molar-refractivity contribution in [2.75, 3.05) is 20.5 Å². The summed E-state index contributed by atoms with van der Waals surface area (Å²) in [6.45, 7) is 0. The minimum atomic E-state index is -1.46. The number of thiocarbonyl (C=S) groups is 1. The lowest BCUT2D eigenvalue weighted by atomic mass is 9.95. The topological polar surface area (TPSA) is 35.5 Å². The standard InChI is InChI=1S/C18H18O3S2/c1-20-18(21-2,15-8-10-16(23-3)11-9-15)17(19)14-6-4-13(12-22)5-7-14/h4-12H,1-3H3. The van der Waals surface area contributed by atoms with E-state index in [2.05, 4.69) is 0 Å². The Morgan fingerprint density at radius 2 is 1.61 bits per heavy atom. The summed E-state index contributed by atoms with van der Waals surface area (Å²) >= 11 is 6.52. The molecule has 120 valence electrons. The van der Waals surface area contributed by atoms with Crippen LogP contribution in [0.2, 0.25) is 0 Å². The normalized spacial score (nSPS) is 11.3. The molecule has 0 N–H and O–H groups in total. The summed E-state index contributed by atoms with van der Waals surface area (Å²) < 4.78 is 11.0. The maximum absolute atomic E-state index is 13.0. The van der Waals surface area contributed by atoms with Gasteiger partial charge in [-0.25, -0.2) is 0 Å². The SMILES string of the molecule is COC(OC)(C(=O)c1ccc(C=S)cc1)c1ccc(SC)cc1. The van der Waals surface area contributed by atoms with E-state index in [4.69, 9.17) is 21.7 Å². The van der Waals surface area contributed by atoms with E-state index in [0.29, 0.717) is 11.1 Å². The average Bonchev–Trinajstić information content (AvgIpc) is 2.63. The molecule has 0 unspecified atom stereocenters. The van der Waals surface area contributed by atoms with E-state index in [0.717, 1.165) is 10.5 Å². The minimum Gasteiger partial charge on any atom is -0.343 e. The summed E-state index contributed by atoms with van der Waals surface area (Å²) in [7, 11) is 2.94. The van der Waals surface area contributed by atoms with Crippen molar-refractivity contribution in [2.45, 2.75) is 10.7 Å². The van der Waals surface area contributed by atoms with E-state index in [1.807, 2.05) is 30.5 Å². The van der Waals surface area contributed by atoms with Gasteiger partial charge in [0.15, 0.2) is 0 Å². The van der Waals surface area contributed by atoms with Gasteiger partial charge in [0.2, 0.25) is 5.78 Å².